The summed E-state index contributed by atoms with van der Waals surface area (Å²) < 4.78 is 4.87. The number of hydrogen-bond acceptors (Lipinski definition) is 4. The molecule has 0 aliphatic rings. The van der Waals surface area contributed by atoms with Crippen LogP contribution in [-0.4, -0.2) is 30.6 Å². The minimum atomic E-state index is -0.672. The van der Waals surface area contributed by atoms with Crippen molar-refractivity contribution in [3.63, 3.8) is 0 Å². The largest absolute Gasteiger partial charge is 0.464 e. The number of rotatable bonds is 6. The predicted molar refractivity (Wildman–Crippen MR) is 78.8 cm³/mol. The van der Waals surface area contributed by atoms with E-state index in [9.17, 15) is 9.59 Å². The van der Waals surface area contributed by atoms with Crippen molar-refractivity contribution < 1.29 is 14.3 Å². The molecule has 0 bridgehead atoms. The van der Waals surface area contributed by atoms with Gasteiger partial charge >= 0.3 is 5.97 Å². The minimum Gasteiger partial charge on any atom is -0.464 e. The first-order valence-corrected chi connectivity index (χ1v) is 6.78. The molecule has 1 amide bonds. The highest BCUT2D eigenvalue weighted by atomic mass is 16.5. The summed E-state index contributed by atoms with van der Waals surface area (Å²) >= 11 is 0. The number of carbonyl (C=O) groups is 2. The maximum absolute atomic E-state index is 12.2. The number of anilines is 1. The van der Waals surface area contributed by atoms with Crippen molar-refractivity contribution in [3.05, 3.63) is 29.8 Å². The van der Waals surface area contributed by atoms with E-state index in [2.05, 4.69) is 10.6 Å². The maximum Gasteiger partial charge on any atom is 0.328 e. The van der Waals surface area contributed by atoms with E-state index in [1.54, 1.807) is 26.0 Å². The lowest BCUT2D eigenvalue weighted by molar-refractivity contribution is -0.144. The molecule has 1 unspecified atom stereocenters. The van der Waals surface area contributed by atoms with Gasteiger partial charge in [0.25, 0.3) is 5.91 Å². The molecule has 0 heterocycles. The topological polar surface area (TPSA) is 67.4 Å². The van der Waals surface area contributed by atoms with E-state index in [0.717, 1.165) is 5.69 Å². The molecule has 0 aliphatic heterocycles. The first-order valence-electron chi connectivity index (χ1n) is 6.78. The third-order valence-electron chi connectivity index (χ3n) is 2.60. The highest BCUT2D eigenvalue weighted by Crippen LogP contribution is 2.16. The van der Waals surface area contributed by atoms with Crippen LogP contribution in [0, 0.1) is 0 Å². The summed E-state index contributed by atoms with van der Waals surface area (Å²) in [6.45, 7) is 7.62. The van der Waals surface area contributed by atoms with Gasteiger partial charge in [-0.25, -0.2) is 4.79 Å². The number of nitrogens with one attached hydrogen (secondary N) is 2. The van der Waals surface area contributed by atoms with Gasteiger partial charge in [-0.1, -0.05) is 12.1 Å². The lowest BCUT2D eigenvalue weighted by atomic mass is 10.1. The first kappa shape index (κ1) is 16.0. The Morgan fingerprint density at radius 2 is 1.85 bits per heavy atom. The third-order valence-corrected chi connectivity index (χ3v) is 2.60. The summed E-state index contributed by atoms with van der Waals surface area (Å²) in [4.78, 5) is 23.7. The van der Waals surface area contributed by atoms with Gasteiger partial charge in [0.05, 0.1) is 12.2 Å². The molecule has 1 aromatic rings. The van der Waals surface area contributed by atoms with Crippen molar-refractivity contribution in [1.82, 2.24) is 5.32 Å². The van der Waals surface area contributed by atoms with Crippen LogP contribution in [0.15, 0.2) is 24.3 Å². The number of ether oxygens (including phenoxy) is 1. The summed E-state index contributed by atoms with van der Waals surface area (Å²) in [7, 11) is 0. The van der Waals surface area contributed by atoms with Gasteiger partial charge in [-0.2, -0.15) is 0 Å². The van der Waals surface area contributed by atoms with Crippen LogP contribution in [0.5, 0.6) is 0 Å². The van der Waals surface area contributed by atoms with Crippen LogP contribution < -0.4 is 10.6 Å². The Hall–Kier alpha value is -2.04. The van der Waals surface area contributed by atoms with Gasteiger partial charge in [-0.3, -0.25) is 4.79 Å². The van der Waals surface area contributed by atoms with Crippen molar-refractivity contribution in [2.75, 3.05) is 11.9 Å². The lowest BCUT2D eigenvalue weighted by Gasteiger charge is -2.16. The molecule has 0 radical (unpaired) electrons. The number of esters is 1. The molecule has 110 valence electrons. The molecular weight excluding hydrogens is 256 g/mol. The zero-order valence-corrected chi connectivity index (χ0v) is 12.4. The van der Waals surface area contributed by atoms with Crippen molar-refractivity contribution in [2.24, 2.45) is 0 Å². The van der Waals surface area contributed by atoms with Gasteiger partial charge in [0.1, 0.15) is 6.04 Å². The van der Waals surface area contributed by atoms with Gasteiger partial charge in [-0.15, -0.1) is 0 Å². The van der Waals surface area contributed by atoms with Crippen LogP contribution in [-0.2, 0) is 9.53 Å². The van der Waals surface area contributed by atoms with Crippen molar-refractivity contribution in [3.8, 4) is 0 Å². The number of amides is 1. The molecule has 20 heavy (non-hydrogen) atoms. The van der Waals surface area contributed by atoms with Gasteiger partial charge in [0.15, 0.2) is 0 Å². The van der Waals surface area contributed by atoms with E-state index in [0.29, 0.717) is 12.2 Å². The smallest absolute Gasteiger partial charge is 0.328 e. The summed E-state index contributed by atoms with van der Waals surface area (Å²) in [6, 6.07) is 6.74. The fourth-order valence-electron chi connectivity index (χ4n) is 1.72. The molecule has 0 saturated heterocycles. The van der Waals surface area contributed by atoms with E-state index in [-0.39, 0.29) is 11.9 Å². The Labute approximate surface area is 119 Å². The van der Waals surface area contributed by atoms with Gasteiger partial charge < -0.3 is 15.4 Å². The van der Waals surface area contributed by atoms with E-state index in [1.807, 2.05) is 26.0 Å². The fraction of sp³-hybridized carbons (Fsp3) is 0.467. The van der Waals surface area contributed by atoms with Crippen LogP contribution in [0.25, 0.3) is 0 Å². The summed E-state index contributed by atoms with van der Waals surface area (Å²) in [5.41, 5.74) is 1.26. The molecule has 1 atom stereocenters. The van der Waals surface area contributed by atoms with E-state index in [1.165, 1.54) is 0 Å². The van der Waals surface area contributed by atoms with Crippen LogP contribution in [0.3, 0.4) is 0 Å². The molecule has 0 spiro atoms. The Kier molecular flexibility index (Phi) is 6.03. The lowest BCUT2D eigenvalue weighted by Crippen LogP contribution is -2.39. The molecule has 0 saturated carbocycles. The monoisotopic (exact) mass is 278 g/mol. The van der Waals surface area contributed by atoms with Crippen molar-refractivity contribution in [2.45, 2.75) is 39.8 Å². The molecule has 1 aromatic carbocycles. The number of hydrogen-bond donors (Lipinski definition) is 2. The quantitative estimate of drug-likeness (QED) is 0.783. The molecule has 0 aliphatic carbocycles. The average Bonchev–Trinajstić information content (AvgIpc) is 2.38. The third kappa shape index (κ3) is 4.57. The molecule has 0 fully saturated rings. The molecular formula is C15H22N2O3. The summed E-state index contributed by atoms with van der Waals surface area (Å²) in [6.07, 6.45) is 0. The van der Waals surface area contributed by atoms with Crippen LogP contribution >= 0.6 is 0 Å². The second kappa shape index (κ2) is 7.53. The van der Waals surface area contributed by atoms with E-state index < -0.39 is 12.0 Å². The van der Waals surface area contributed by atoms with Gasteiger partial charge in [0.2, 0.25) is 0 Å². The highest BCUT2D eigenvalue weighted by molar-refractivity contribution is 6.01. The Bertz CT molecular complexity index is 472. The average molecular weight is 278 g/mol. The summed E-state index contributed by atoms with van der Waals surface area (Å²) in [5, 5.41) is 5.85. The standard InChI is InChI=1S/C15H22N2O3/c1-5-20-15(19)11(4)17-14(18)12-8-6-7-9-13(12)16-10(2)3/h6-11,16H,5H2,1-4H3,(H,17,18). The predicted octanol–water partition coefficient (Wildman–Crippen LogP) is 2.19. The summed E-state index contributed by atoms with van der Waals surface area (Å²) in [5.74, 6) is -0.732. The van der Waals surface area contributed by atoms with Gasteiger partial charge in [-0.05, 0) is 39.8 Å². The maximum atomic E-state index is 12.2. The normalized spacial score (nSPS) is 11.8. The van der Waals surface area contributed by atoms with Gasteiger partial charge in [0, 0.05) is 11.7 Å². The molecule has 1 rings (SSSR count). The number of para-hydroxylation sites is 1. The van der Waals surface area contributed by atoms with Crippen LogP contribution in [0.1, 0.15) is 38.1 Å². The van der Waals surface area contributed by atoms with Crippen molar-refractivity contribution >= 4 is 17.6 Å². The molecule has 2 N–H and O–H groups in total. The molecule has 5 nitrogen and oxygen atoms in total. The Morgan fingerprint density at radius 1 is 1.20 bits per heavy atom. The zero-order chi connectivity index (χ0) is 15.1. The van der Waals surface area contributed by atoms with E-state index >= 15 is 0 Å². The first-order chi connectivity index (χ1) is 9.45. The second-order valence-electron chi connectivity index (χ2n) is 4.79. The number of carbonyl (C=O) groups excluding carboxylic acids is 2. The molecule has 5 heteroatoms. The molecule has 0 aromatic heterocycles. The second-order valence-corrected chi connectivity index (χ2v) is 4.79. The van der Waals surface area contributed by atoms with Crippen molar-refractivity contribution in [1.29, 1.82) is 0 Å². The van der Waals surface area contributed by atoms with Crippen LogP contribution in [0.4, 0.5) is 5.69 Å². The Balaban J connectivity index is 2.79. The SMILES string of the molecule is CCOC(=O)C(C)NC(=O)c1ccccc1NC(C)C. The number of benzene rings is 1. The minimum absolute atomic E-state index is 0.214. The fourth-order valence-corrected chi connectivity index (χ4v) is 1.72. The highest BCUT2D eigenvalue weighted by Gasteiger charge is 2.19. The Morgan fingerprint density at radius 3 is 2.45 bits per heavy atom. The van der Waals surface area contributed by atoms with E-state index in [4.69, 9.17) is 4.74 Å². The van der Waals surface area contributed by atoms with Crippen LogP contribution in [0.2, 0.25) is 0 Å². The zero-order valence-electron chi connectivity index (χ0n) is 12.4.